The molecule has 0 N–H and O–H groups in total. The van der Waals surface area contributed by atoms with E-state index < -0.39 is 18.4 Å². The Balaban J connectivity index is 2.36. The molecule has 16 heavy (non-hydrogen) atoms. The van der Waals surface area contributed by atoms with Crippen LogP contribution < -0.4 is 0 Å². The number of rotatable bonds is 3. The minimum Gasteiger partial charge on any atom is -0.438 e. The van der Waals surface area contributed by atoms with Crippen LogP contribution in [0.3, 0.4) is 0 Å². The van der Waals surface area contributed by atoms with Crippen LogP contribution in [0.2, 0.25) is 0 Å². The lowest BCUT2D eigenvalue weighted by Gasteiger charge is -2.18. The smallest absolute Gasteiger partial charge is 0.438 e. The highest BCUT2D eigenvalue weighted by atomic mass is 16.7. The lowest BCUT2D eigenvalue weighted by atomic mass is 10.1. The van der Waals surface area contributed by atoms with Crippen molar-refractivity contribution in [2.45, 2.75) is 12.5 Å². The van der Waals surface area contributed by atoms with Crippen molar-refractivity contribution in [1.82, 2.24) is 0 Å². The van der Waals surface area contributed by atoms with Gasteiger partial charge in [0.2, 0.25) is 0 Å². The van der Waals surface area contributed by atoms with Crippen LogP contribution in [0.15, 0.2) is 12.2 Å². The van der Waals surface area contributed by atoms with Crippen molar-refractivity contribution in [1.29, 1.82) is 0 Å². The van der Waals surface area contributed by atoms with Crippen molar-refractivity contribution in [2.24, 2.45) is 5.92 Å². The summed E-state index contributed by atoms with van der Waals surface area (Å²) in [4.78, 5) is 21.7. The van der Waals surface area contributed by atoms with Crippen molar-refractivity contribution in [3.63, 3.8) is 0 Å². The Bertz CT molecular complexity index is 285. The fraction of sp³-hybridized carbons (Fsp3) is 0.600. The van der Waals surface area contributed by atoms with Crippen LogP contribution in [0.4, 0.5) is 9.59 Å². The molecule has 0 aromatic heterocycles. The van der Waals surface area contributed by atoms with E-state index in [4.69, 9.17) is 9.47 Å². The predicted molar refractivity (Wildman–Crippen MR) is 52.9 cm³/mol. The summed E-state index contributed by atoms with van der Waals surface area (Å²) >= 11 is 0. The van der Waals surface area contributed by atoms with Crippen molar-refractivity contribution in [3.05, 3.63) is 12.2 Å². The Labute approximate surface area is 93.1 Å². The first-order valence-electron chi connectivity index (χ1n) is 4.79. The highest BCUT2D eigenvalue weighted by Gasteiger charge is 2.28. The summed E-state index contributed by atoms with van der Waals surface area (Å²) in [6.07, 6.45) is 2.36. The van der Waals surface area contributed by atoms with E-state index in [0.29, 0.717) is 6.42 Å². The van der Waals surface area contributed by atoms with Gasteiger partial charge >= 0.3 is 12.3 Å². The van der Waals surface area contributed by atoms with Crippen LogP contribution in [0, 0.1) is 5.92 Å². The first-order valence-corrected chi connectivity index (χ1v) is 4.79. The van der Waals surface area contributed by atoms with E-state index in [1.807, 2.05) is 6.08 Å². The van der Waals surface area contributed by atoms with Crippen LogP contribution >= 0.6 is 0 Å². The summed E-state index contributed by atoms with van der Waals surface area (Å²) in [5.74, 6) is -0.0850. The molecule has 2 atom stereocenters. The normalized spacial score (nSPS) is 22.6. The van der Waals surface area contributed by atoms with Crippen LogP contribution in [-0.2, 0) is 18.9 Å². The number of allylic oxidation sites excluding steroid dienone is 1. The van der Waals surface area contributed by atoms with E-state index in [9.17, 15) is 9.59 Å². The highest BCUT2D eigenvalue weighted by molar-refractivity contribution is 5.60. The van der Waals surface area contributed by atoms with Gasteiger partial charge in [-0.3, -0.25) is 0 Å². The van der Waals surface area contributed by atoms with E-state index in [1.54, 1.807) is 6.08 Å². The Kier molecular flexibility index (Phi) is 4.63. The van der Waals surface area contributed by atoms with Gasteiger partial charge < -0.3 is 18.9 Å². The van der Waals surface area contributed by atoms with Crippen LogP contribution in [-0.4, -0.2) is 39.2 Å². The molecule has 0 unspecified atom stereocenters. The van der Waals surface area contributed by atoms with E-state index >= 15 is 0 Å². The van der Waals surface area contributed by atoms with Gasteiger partial charge in [-0.05, 0) is 12.5 Å². The van der Waals surface area contributed by atoms with Gasteiger partial charge in [0.15, 0.2) is 0 Å². The maximum Gasteiger partial charge on any atom is 0.508 e. The minimum absolute atomic E-state index is 0.0850. The molecule has 0 spiro atoms. The molecule has 0 aromatic rings. The second-order valence-electron chi connectivity index (χ2n) is 3.23. The molecule has 0 radical (unpaired) electrons. The fourth-order valence-corrected chi connectivity index (χ4v) is 1.37. The molecule has 0 heterocycles. The Hall–Kier alpha value is -1.72. The van der Waals surface area contributed by atoms with E-state index in [-0.39, 0.29) is 12.5 Å². The maximum absolute atomic E-state index is 10.9. The molecular weight excluding hydrogens is 216 g/mol. The lowest BCUT2D eigenvalue weighted by Crippen LogP contribution is -2.26. The first-order chi connectivity index (χ1) is 7.67. The molecule has 0 fully saturated rings. The fourth-order valence-electron chi connectivity index (χ4n) is 1.37. The summed E-state index contributed by atoms with van der Waals surface area (Å²) in [7, 11) is 2.47. The predicted octanol–water partition coefficient (Wildman–Crippen LogP) is 1.50. The maximum atomic E-state index is 10.9. The third-order valence-electron chi connectivity index (χ3n) is 2.21. The summed E-state index contributed by atoms with van der Waals surface area (Å²) in [6.45, 7) is 0.140. The third kappa shape index (κ3) is 3.45. The Morgan fingerprint density at radius 2 is 1.94 bits per heavy atom. The number of hydrogen-bond donors (Lipinski definition) is 0. The molecule has 0 aliphatic heterocycles. The summed E-state index contributed by atoms with van der Waals surface area (Å²) in [6, 6.07) is 0. The van der Waals surface area contributed by atoms with Gasteiger partial charge in [-0.2, -0.15) is 0 Å². The van der Waals surface area contributed by atoms with Crippen molar-refractivity contribution in [2.75, 3.05) is 20.8 Å². The van der Waals surface area contributed by atoms with E-state index in [2.05, 4.69) is 9.47 Å². The van der Waals surface area contributed by atoms with E-state index in [0.717, 1.165) is 0 Å². The average Bonchev–Trinajstić information content (AvgIpc) is 2.73. The quantitative estimate of drug-likeness (QED) is 0.540. The topological polar surface area (TPSA) is 71.1 Å². The van der Waals surface area contributed by atoms with Crippen LogP contribution in [0.25, 0.3) is 0 Å². The Morgan fingerprint density at radius 3 is 2.56 bits per heavy atom. The average molecular weight is 230 g/mol. The highest BCUT2D eigenvalue weighted by Crippen LogP contribution is 2.22. The molecule has 90 valence electrons. The molecule has 6 heteroatoms. The van der Waals surface area contributed by atoms with Gasteiger partial charge in [-0.15, -0.1) is 0 Å². The van der Waals surface area contributed by atoms with Crippen molar-refractivity contribution >= 4 is 12.3 Å². The number of ether oxygens (including phenoxy) is 4. The molecule has 0 saturated heterocycles. The molecule has 1 aliphatic rings. The zero-order chi connectivity index (χ0) is 12.0. The summed E-state index contributed by atoms with van der Waals surface area (Å²) in [5.41, 5.74) is 0. The second-order valence-corrected chi connectivity index (χ2v) is 3.23. The van der Waals surface area contributed by atoms with Gasteiger partial charge in [0.05, 0.1) is 14.2 Å². The molecule has 6 nitrogen and oxygen atoms in total. The van der Waals surface area contributed by atoms with Gasteiger partial charge in [0, 0.05) is 5.92 Å². The van der Waals surface area contributed by atoms with Gasteiger partial charge in [-0.25, -0.2) is 9.59 Å². The molecule has 0 saturated carbocycles. The molecule has 1 aliphatic carbocycles. The van der Waals surface area contributed by atoms with Crippen molar-refractivity contribution in [3.8, 4) is 0 Å². The number of carbonyl (C=O) groups is 2. The molecular formula is C10H14O6. The molecule has 0 amide bonds. The first kappa shape index (κ1) is 12.4. The third-order valence-corrected chi connectivity index (χ3v) is 2.21. The van der Waals surface area contributed by atoms with Gasteiger partial charge in [0.25, 0.3) is 0 Å². The van der Waals surface area contributed by atoms with E-state index in [1.165, 1.54) is 14.2 Å². The zero-order valence-electron chi connectivity index (χ0n) is 9.17. The summed E-state index contributed by atoms with van der Waals surface area (Å²) < 4.78 is 18.5. The zero-order valence-corrected chi connectivity index (χ0v) is 9.17. The molecule has 0 aromatic carbocycles. The molecule has 0 bridgehead atoms. The van der Waals surface area contributed by atoms with Crippen LogP contribution in [0.1, 0.15) is 6.42 Å². The molecule has 1 rings (SSSR count). The minimum atomic E-state index is -0.750. The summed E-state index contributed by atoms with van der Waals surface area (Å²) in [5, 5.41) is 0. The van der Waals surface area contributed by atoms with Gasteiger partial charge in [0.1, 0.15) is 12.7 Å². The lowest BCUT2D eigenvalue weighted by molar-refractivity contribution is 0.0115. The largest absolute Gasteiger partial charge is 0.508 e. The van der Waals surface area contributed by atoms with Crippen molar-refractivity contribution < 1.29 is 28.5 Å². The SMILES string of the molecule is COC(=O)OC[C@@H]1CC=C[C@@H]1OC(=O)OC. The Morgan fingerprint density at radius 1 is 1.25 bits per heavy atom. The monoisotopic (exact) mass is 230 g/mol. The van der Waals surface area contributed by atoms with Crippen LogP contribution in [0.5, 0.6) is 0 Å². The number of carbonyl (C=O) groups excluding carboxylic acids is 2. The standard InChI is InChI=1S/C10H14O6/c1-13-9(11)15-6-7-4-3-5-8(7)16-10(12)14-2/h3,5,7-8H,4,6H2,1-2H3/t7-,8-/m0/s1. The second kappa shape index (κ2) is 5.99. The number of hydrogen-bond acceptors (Lipinski definition) is 6. The van der Waals surface area contributed by atoms with Gasteiger partial charge in [-0.1, -0.05) is 6.08 Å². The number of methoxy groups -OCH3 is 2.